The quantitative estimate of drug-likeness (QED) is 0.331. The van der Waals surface area contributed by atoms with Crippen LogP contribution in [-0.4, -0.2) is 29.4 Å². The highest BCUT2D eigenvalue weighted by Gasteiger charge is 2.29. The molecule has 0 bridgehead atoms. The Morgan fingerprint density at radius 1 is 1.07 bits per heavy atom. The number of carbonyl (C=O) groups is 1. The highest BCUT2D eigenvalue weighted by Crippen LogP contribution is 2.41. The number of hydrogen-bond donors (Lipinski definition) is 3. The van der Waals surface area contributed by atoms with Crippen molar-refractivity contribution in [1.29, 1.82) is 0 Å². The summed E-state index contributed by atoms with van der Waals surface area (Å²) in [4.78, 5) is 12.2. The molecule has 0 spiro atoms. The normalized spacial score (nSPS) is 12.8. The van der Waals surface area contributed by atoms with E-state index in [0.717, 1.165) is 0 Å². The lowest BCUT2D eigenvalue weighted by molar-refractivity contribution is -0.146. The lowest BCUT2D eigenvalue weighted by atomic mass is 10.1. The van der Waals surface area contributed by atoms with Crippen molar-refractivity contribution in [2.24, 2.45) is 0 Å². The van der Waals surface area contributed by atoms with Crippen molar-refractivity contribution in [1.82, 2.24) is 0 Å². The number of aliphatic hydroxyl groups is 1. The molecule has 3 aromatic carbocycles. The monoisotopic (exact) mass is 445 g/mol. The standard InChI is InChI=1S/C22H20ClNO5S/c1-28-18-10-9-13(11-16(18)23)21(20(25)22(26)27)30-15-6-4-5-14(12-15)29-19-8-3-2-7-17(19)24/h2-12,20-21,25H,24H2,1H3,(H,26,27). The van der Waals surface area contributed by atoms with E-state index in [0.29, 0.717) is 38.4 Å². The number of aliphatic hydroxyl groups excluding tert-OH is 1. The Labute approximate surface area is 183 Å². The van der Waals surface area contributed by atoms with Crippen molar-refractivity contribution in [2.45, 2.75) is 16.2 Å². The van der Waals surface area contributed by atoms with Gasteiger partial charge in [-0.2, -0.15) is 0 Å². The van der Waals surface area contributed by atoms with Gasteiger partial charge >= 0.3 is 5.97 Å². The molecule has 0 aromatic heterocycles. The Bertz CT molecular complexity index is 1050. The SMILES string of the molecule is COc1ccc(C(Sc2cccc(Oc3ccccc3N)c2)C(O)C(=O)O)cc1Cl. The van der Waals surface area contributed by atoms with Gasteiger partial charge in [-0.05, 0) is 48.0 Å². The number of rotatable bonds is 8. The summed E-state index contributed by atoms with van der Waals surface area (Å²) in [5.41, 5.74) is 6.98. The van der Waals surface area contributed by atoms with E-state index in [4.69, 9.17) is 26.8 Å². The number of carboxylic acid groups (broad SMARTS) is 1. The number of nitrogens with two attached hydrogens (primary N) is 1. The lowest BCUT2D eigenvalue weighted by Crippen LogP contribution is -2.25. The zero-order valence-corrected chi connectivity index (χ0v) is 17.6. The number of nitrogen functional groups attached to an aromatic ring is 1. The van der Waals surface area contributed by atoms with Gasteiger partial charge in [0.15, 0.2) is 6.10 Å². The minimum atomic E-state index is -1.64. The van der Waals surface area contributed by atoms with Gasteiger partial charge in [0.05, 0.1) is 23.1 Å². The minimum absolute atomic E-state index is 0.329. The molecule has 3 aromatic rings. The molecule has 2 atom stereocenters. The fraction of sp³-hybridized carbons (Fsp3) is 0.136. The number of methoxy groups -OCH3 is 1. The Kier molecular flexibility index (Phi) is 7.10. The molecule has 2 unspecified atom stereocenters. The fourth-order valence-corrected chi connectivity index (χ4v) is 4.19. The van der Waals surface area contributed by atoms with Crippen LogP contribution in [0.15, 0.2) is 71.6 Å². The van der Waals surface area contributed by atoms with Gasteiger partial charge in [-0.1, -0.05) is 35.9 Å². The summed E-state index contributed by atoms with van der Waals surface area (Å²) in [6, 6.07) is 19.1. The maximum atomic E-state index is 11.5. The zero-order chi connectivity index (χ0) is 21.7. The molecule has 6 nitrogen and oxygen atoms in total. The number of anilines is 1. The van der Waals surface area contributed by atoms with Gasteiger partial charge in [-0.3, -0.25) is 0 Å². The van der Waals surface area contributed by atoms with Crippen LogP contribution in [-0.2, 0) is 4.79 Å². The average Bonchev–Trinajstić information content (AvgIpc) is 2.73. The van der Waals surface area contributed by atoms with Crippen LogP contribution in [0.4, 0.5) is 5.69 Å². The molecule has 0 aliphatic carbocycles. The van der Waals surface area contributed by atoms with E-state index in [1.807, 2.05) is 12.1 Å². The number of aliphatic carboxylic acids is 1. The second-order valence-corrected chi connectivity index (χ2v) is 7.95. The van der Waals surface area contributed by atoms with E-state index in [-0.39, 0.29) is 0 Å². The van der Waals surface area contributed by atoms with Gasteiger partial charge in [0.2, 0.25) is 0 Å². The van der Waals surface area contributed by atoms with Crippen LogP contribution in [0, 0.1) is 0 Å². The molecular weight excluding hydrogens is 426 g/mol. The number of carboxylic acids is 1. The van der Waals surface area contributed by atoms with Gasteiger partial charge < -0.3 is 25.4 Å². The van der Waals surface area contributed by atoms with Crippen LogP contribution in [0.1, 0.15) is 10.8 Å². The Morgan fingerprint density at radius 2 is 1.83 bits per heavy atom. The second kappa shape index (κ2) is 9.75. The first-order valence-corrected chi connectivity index (χ1v) is 10.2. The van der Waals surface area contributed by atoms with E-state index in [2.05, 4.69) is 0 Å². The number of hydrogen-bond acceptors (Lipinski definition) is 6. The van der Waals surface area contributed by atoms with Crippen molar-refractivity contribution in [3.63, 3.8) is 0 Å². The van der Waals surface area contributed by atoms with Crippen LogP contribution in [0.2, 0.25) is 5.02 Å². The molecule has 3 rings (SSSR count). The minimum Gasteiger partial charge on any atom is -0.495 e. The van der Waals surface area contributed by atoms with Crippen LogP contribution in [0.25, 0.3) is 0 Å². The van der Waals surface area contributed by atoms with Crippen molar-refractivity contribution < 1.29 is 24.5 Å². The summed E-state index contributed by atoms with van der Waals surface area (Å²) in [5, 5.41) is 19.2. The molecular formula is C22H20ClNO5S. The summed E-state index contributed by atoms with van der Waals surface area (Å²) in [5.74, 6) is 0.187. The second-order valence-electron chi connectivity index (χ2n) is 6.33. The molecule has 4 N–H and O–H groups in total. The molecule has 0 saturated heterocycles. The van der Waals surface area contributed by atoms with Crippen molar-refractivity contribution in [2.75, 3.05) is 12.8 Å². The molecule has 0 amide bonds. The molecule has 0 radical (unpaired) electrons. The van der Waals surface area contributed by atoms with Crippen LogP contribution < -0.4 is 15.2 Å². The summed E-state index contributed by atoms with van der Waals surface area (Å²) >= 11 is 7.38. The third-order valence-electron chi connectivity index (χ3n) is 4.26. The summed E-state index contributed by atoms with van der Waals surface area (Å²) < 4.78 is 11.0. The van der Waals surface area contributed by atoms with Gasteiger partial charge in [0.1, 0.15) is 17.2 Å². The first-order valence-electron chi connectivity index (χ1n) is 8.92. The lowest BCUT2D eigenvalue weighted by Gasteiger charge is -2.21. The zero-order valence-electron chi connectivity index (χ0n) is 16.0. The van der Waals surface area contributed by atoms with Gasteiger partial charge in [0.25, 0.3) is 0 Å². The molecule has 30 heavy (non-hydrogen) atoms. The number of para-hydroxylation sites is 2. The van der Waals surface area contributed by atoms with Crippen molar-refractivity contribution in [3.05, 3.63) is 77.3 Å². The highest BCUT2D eigenvalue weighted by molar-refractivity contribution is 7.99. The molecule has 0 fully saturated rings. The molecule has 156 valence electrons. The predicted octanol–water partition coefficient (Wildman–Crippen LogP) is 5.00. The molecule has 8 heteroatoms. The molecule has 0 aliphatic heterocycles. The topological polar surface area (TPSA) is 102 Å². The number of ether oxygens (including phenoxy) is 2. The maximum Gasteiger partial charge on any atom is 0.334 e. The summed E-state index contributed by atoms with van der Waals surface area (Å²) in [7, 11) is 1.49. The number of benzene rings is 3. The summed E-state index contributed by atoms with van der Waals surface area (Å²) in [6.07, 6.45) is -1.64. The third-order valence-corrected chi connectivity index (χ3v) is 5.86. The Hall–Kier alpha value is -2.87. The predicted molar refractivity (Wildman–Crippen MR) is 118 cm³/mol. The number of halogens is 1. The van der Waals surface area contributed by atoms with Crippen LogP contribution in [0.3, 0.4) is 0 Å². The van der Waals surface area contributed by atoms with Gasteiger partial charge in [0, 0.05) is 4.90 Å². The maximum absolute atomic E-state index is 11.5. The van der Waals surface area contributed by atoms with Crippen LogP contribution in [0.5, 0.6) is 17.2 Å². The van der Waals surface area contributed by atoms with E-state index in [1.54, 1.807) is 54.6 Å². The van der Waals surface area contributed by atoms with E-state index >= 15 is 0 Å². The first-order chi connectivity index (χ1) is 14.4. The van der Waals surface area contributed by atoms with E-state index < -0.39 is 17.3 Å². The fourth-order valence-electron chi connectivity index (χ4n) is 2.76. The third kappa shape index (κ3) is 5.18. The van der Waals surface area contributed by atoms with Gasteiger partial charge in [-0.15, -0.1) is 11.8 Å². The van der Waals surface area contributed by atoms with Crippen molar-refractivity contribution in [3.8, 4) is 17.2 Å². The first kappa shape index (κ1) is 21.8. The average molecular weight is 446 g/mol. The summed E-state index contributed by atoms with van der Waals surface area (Å²) in [6.45, 7) is 0. The van der Waals surface area contributed by atoms with Gasteiger partial charge in [-0.25, -0.2) is 4.79 Å². The Morgan fingerprint density at radius 3 is 2.50 bits per heavy atom. The number of thioether (sulfide) groups is 1. The molecule has 0 heterocycles. The van der Waals surface area contributed by atoms with E-state index in [1.165, 1.54) is 18.9 Å². The molecule has 0 aliphatic rings. The van der Waals surface area contributed by atoms with Crippen LogP contribution >= 0.6 is 23.4 Å². The van der Waals surface area contributed by atoms with Crippen molar-refractivity contribution >= 4 is 35.0 Å². The highest BCUT2D eigenvalue weighted by atomic mass is 35.5. The molecule has 0 saturated carbocycles. The largest absolute Gasteiger partial charge is 0.495 e. The van der Waals surface area contributed by atoms with E-state index in [9.17, 15) is 15.0 Å². The smallest absolute Gasteiger partial charge is 0.334 e. The Balaban J connectivity index is 1.88.